The van der Waals surface area contributed by atoms with Crippen LogP contribution in [0, 0.1) is 21.4 Å². The fourth-order valence-corrected chi connectivity index (χ4v) is 2.65. The van der Waals surface area contributed by atoms with Crippen LogP contribution >= 0.6 is 11.6 Å². The molecule has 122 valence electrons. The molecule has 6 heteroatoms. The molecule has 0 aliphatic carbocycles. The van der Waals surface area contributed by atoms with E-state index in [0.29, 0.717) is 33.2 Å². The fourth-order valence-electron chi connectivity index (χ4n) is 2.41. The summed E-state index contributed by atoms with van der Waals surface area (Å²) in [5, 5.41) is 21.0. The second kappa shape index (κ2) is 7.04. The number of hydrogen-bond acceptors (Lipinski definition) is 4. The summed E-state index contributed by atoms with van der Waals surface area (Å²) in [6, 6.07) is 18.7. The smallest absolute Gasteiger partial charge is 0.280 e. The van der Waals surface area contributed by atoms with Gasteiger partial charge in [-0.05, 0) is 30.3 Å². The van der Waals surface area contributed by atoms with Crippen molar-refractivity contribution < 1.29 is 9.34 Å². The van der Waals surface area contributed by atoms with Gasteiger partial charge in [0.25, 0.3) is 5.69 Å². The van der Waals surface area contributed by atoms with Crippen LogP contribution in [0.2, 0.25) is 5.02 Å². The number of nitro benzene ring substituents is 1. The highest BCUT2D eigenvalue weighted by Crippen LogP contribution is 2.32. The molecule has 0 spiro atoms. The van der Waals surface area contributed by atoms with E-state index in [9.17, 15) is 15.4 Å². The molecule has 0 unspecified atom stereocenters. The molecule has 3 aromatic rings. The summed E-state index contributed by atoms with van der Waals surface area (Å²) >= 11 is 6.12. The minimum absolute atomic E-state index is 0.0426. The first-order valence-electron chi connectivity index (χ1n) is 7.30. The Bertz CT molecular complexity index is 1020. The Kier molecular flexibility index (Phi) is 4.64. The first kappa shape index (κ1) is 16.5. The zero-order chi connectivity index (χ0) is 17.8. The van der Waals surface area contributed by atoms with Gasteiger partial charge in [0.2, 0.25) is 0 Å². The van der Waals surface area contributed by atoms with E-state index in [4.69, 9.17) is 16.0 Å². The van der Waals surface area contributed by atoms with Crippen molar-refractivity contribution in [3.8, 4) is 17.4 Å². The van der Waals surface area contributed by atoms with Gasteiger partial charge in [-0.1, -0.05) is 41.9 Å². The molecule has 0 N–H and O–H groups in total. The minimum Gasteiger partial charge on any atom is -0.456 e. The molecule has 0 radical (unpaired) electrons. The zero-order valence-corrected chi connectivity index (χ0v) is 13.6. The number of halogens is 1. The van der Waals surface area contributed by atoms with E-state index < -0.39 is 4.92 Å². The molecule has 3 rings (SSSR count). The monoisotopic (exact) mass is 350 g/mol. The van der Waals surface area contributed by atoms with E-state index in [1.165, 1.54) is 6.07 Å². The SMILES string of the molecule is N#CC(=Cc1ccc(-c2ccccc2[N+](=O)[O-])o1)c1ccccc1Cl. The summed E-state index contributed by atoms with van der Waals surface area (Å²) < 4.78 is 5.68. The average molecular weight is 351 g/mol. The lowest BCUT2D eigenvalue weighted by Gasteiger charge is -2.01. The molecule has 0 saturated heterocycles. The molecule has 0 atom stereocenters. The molecule has 25 heavy (non-hydrogen) atoms. The van der Waals surface area contributed by atoms with E-state index >= 15 is 0 Å². The number of rotatable bonds is 4. The van der Waals surface area contributed by atoms with Gasteiger partial charge in [-0.15, -0.1) is 0 Å². The van der Waals surface area contributed by atoms with Gasteiger partial charge in [0.05, 0.1) is 22.1 Å². The fraction of sp³-hybridized carbons (Fsp3) is 0. The van der Waals surface area contributed by atoms with Gasteiger partial charge in [-0.3, -0.25) is 10.1 Å². The van der Waals surface area contributed by atoms with E-state index in [-0.39, 0.29) is 5.69 Å². The molecular weight excluding hydrogens is 340 g/mol. The lowest BCUT2D eigenvalue weighted by molar-refractivity contribution is -0.384. The maximum atomic E-state index is 11.1. The first-order chi connectivity index (χ1) is 12.1. The predicted molar refractivity (Wildman–Crippen MR) is 95.7 cm³/mol. The molecule has 0 saturated carbocycles. The van der Waals surface area contributed by atoms with Gasteiger partial charge in [0, 0.05) is 16.7 Å². The van der Waals surface area contributed by atoms with Crippen molar-refractivity contribution in [2.75, 3.05) is 0 Å². The highest BCUT2D eigenvalue weighted by molar-refractivity contribution is 6.32. The van der Waals surface area contributed by atoms with Gasteiger partial charge in [-0.25, -0.2) is 0 Å². The van der Waals surface area contributed by atoms with Gasteiger partial charge in [0.15, 0.2) is 0 Å². The number of para-hydroxylation sites is 1. The Morgan fingerprint density at radius 1 is 1.12 bits per heavy atom. The first-order valence-corrected chi connectivity index (χ1v) is 7.68. The van der Waals surface area contributed by atoms with Crippen LogP contribution in [0.3, 0.4) is 0 Å². The summed E-state index contributed by atoms with van der Waals surface area (Å²) in [5.41, 5.74) is 1.27. The number of nitrogens with zero attached hydrogens (tertiary/aromatic N) is 2. The van der Waals surface area contributed by atoms with Crippen molar-refractivity contribution in [1.82, 2.24) is 0 Å². The molecule has 0 aliphatic rings. The highest BCUT2D eigenvalue weighted by atomic mass is 35.5. The topological polar surface area (TPSA) is 80.1 Å². The Hall–Kier alpha value is -3.36. The highest BCUT2D eigenvalue weighted by Gasteiger charge is 2.17. The average Bonchev–Trinajstić information content (AvgIpc) is 3.09. The third-order valence-corrected chi connectivity index (χ3v) is 3.89. The molecule has 0 amide bonds. The van der Waals surface area contributed by atoms with Crippen LogP contribution in [0.25, 0.3) is 23.0 Å². The number of allylic oxidation sites excluding steroid dienone is 1. The van der Waals surface area contributed by atoms with Crippen LogP contribution in [0.4, 0.5) is 5.69 Å². The largest absolute Gasteiger partial charge is 0.456 e. The van der Waals surface area contributed by atoms with Crippen LogP contribution in [0.15, 0.2) is 65.1 Å². The minimum atomic E-state index is -0.461. The quantitative estimate of drug-likeness (QED) is 0.350. The molecule has 0 bridgehead atoms. The van der Waals surface area contributed by atoms with Crippen LogP contribution in [0.5, 0.6) is 0 Å². The third-order valence-electron chi connectivity index (χ3n) is 3.56. The third kappa shape index (κ3) is 3.44. The Balaban J connectivity index is 2.01. The number of hydrogen-bond donors (Lipinski definition) is 0. The van der Waals surface area contributed by atoms with E-state index in [0.717, 1.165) is 0 Å². The Labute approximate surface area is 148 Å². The lowest BCUT2D eigenvalue weighted by Crippen LogP contribution is -1.90. The number of nitriles is 1. The van der Waals surface area contributed by atoms with Gasteiger partial charge < -0.3 is 4.42 Å². The molecule has 0 fully saturated rings. The van der Waals surface area contributed by atoms with Crippen molar-refractivity contribution >= 4 is 28.9 Å². The normalized spacial score (nSPS) is 11.1. The Morgan fingerprint density at radius 3 is 2.56 bits per heavy atom. The van der Waals surface area contributed by atoms with Gasteiger partial charge in [-0.2, -0.15) is 5.26 Å². The van der Waals surface area contributed by atoms with Crippen molar-refractivity contribution in [2.45, 2.75) is 0 Å². The number of nitro groups is 1. The second-order valence-electron chi connectivity index (χ2n) is 5.13. The molecule has 2 aromatic carbocycles. The van der Waals surface area contributed by atoms with E-state index in [1.54, 1.807) is 60.7 Å². The molecule has 0 aliphatic heterocycles. The van der Waals surface area contributed by atoms with Crippen molar-refractivity contribution in [2.24, 2.45) is 0 Å². The maximum absolute atomic E-state index is 11.1. The predicted octanol–water partition coefficient (Wildman–Crippen LogP) is 5.57. The molecule has 5 nitrogen and oxygen atoms in total. The van der Waals surface area contributed by atoms with Crippen LogP contribution in [-0.2, 0) is 0 Å². The standard InChI is InChI=1S/C19H11ClN2O3/c20-17-7-3-1-5-15(17)13(12-21)11-14-9-10-19(25-14)16-6-2-4-8-18(16)22(23)24/h1-11H. The zero-order valence-electron chi connectivity index (χ0n) is 12.8. The maximum Gasteiger partial charge on any atom is 0.280 e. The second-order valence-corrected chi connectivity index (χ2v) is 5.53. The molecule has 1 heterocycles. The van der Waals surface area contributed by atoms with Gasteiger partial charge >= 0.3 is 0 Å². The molecular formula is C19H11ClN2O3. The van der Waals surface area contributed by atoms with Crippen molar-refractivity contribution in [1.29, 1.82) is 5.26 Å². The number of benzene rings is 2. The summed E-state index contributed by atoms with van der Waals surface area (Å²) in [5.74, 6) is 0.764. The van der Waals surface area contributed by atoms with Crippen molar-refractivity contribution in [3.05, 3.63) is 87.1 Å². The summed E-state index contributed by atoms with van der Waals surface area (Å²) in [7, 11) is 0. The van der Waals surface area contributed by atoms with Crippen LogP contribution < -0.4 is 0 Å². The van der Waals surface area contributed by atoms with Crippen LogP contribution in [0.1, 0.15) is 11.3 Å². The summed E-state index contributed by atoms with van der Waals surface area (Å²) in [6.45, 7) is 0. The summed E-state index contributed by atoms with van der Waals surface area (Å²) in [6.07, 6.45) is 1.56. The van der Waals surface area contributed by atoms with Crippen LogP contribution in [-0.4, -0.2) is 4.92 Å². The number of furan rings is 1. The van der Waals surface area contributed by atoms with E-state index in [2.05, 4.69) is 6.07 Å². The van der Waals surface area contributed by atoms with Crippen molar-refractivity contribution in [3.63, 3.8) is 0 Å². The van der Waals surface area contributed by atoms with Gasteiger partial charge in [0.1, 0.15) is 11.5 Å². The molecule has 1 aromatic heterocycles. The van der Waals surface area contributed by atoms with E-state index in [1.807, 2.05) is 0 Å². The summed E-state index contributed by atoms with van der Waals surface area (Å²) in [4.78, 5) is 10.7. The Morgan fingerprint density at radius 2 is 1.84 bits per heavy atom. The lowest BCUT2D eigenvalue weighted by atomic mass is 10.1.